The van der Waals surface area contributed by atoms with Crippen molar-refractivity contribution in [3.8, 4) is 0 Å². The molecule has 0 aromatic carbocycles. The summed E-state index contributed by atoms with van der Waals surface area (Å²) >= 11 is 0. The van der Waals surface area contributed by atoms with Crippen molar-refractivity contribution in [2.24, 2.45) is 0 Å². The Kier molecular flexibility index (Phi) is 4.29. The minimum atomic E-state index is -0.914. The smallest absolute Gasteiger partial charge is 0.305 e. The zero-order valence-electron chi connectivity index (χ0n) is 9.78. The minimum Gasteiger partial charge on any atom is -0.481 e. The number of carbonyl (C=O) groups is 2. The Hall–Kier alpha value is -1.10. The van der Waals surface area contributed by atoms with Gasteiger partial charge in [0.1, 0.15) is 0 Å². The van der Waals surface area contributed by atoms with Crippen LogP contribution >= 0.6 is 0 Å². The van der Waals surface area contributed by atoms with Crippen LogP contribution in [0.25, 0.3) is 0 Å². The SMILES string of the molecule is CC(C)(CC(=O)O)NC(=O)CC1CCCO1. The Morgan fingerprint density at radius 3 is 2.69 bits per heavy atom. The Bertz CT molecular complexity index is 269. The second-order valence-electron chi connectivity index (χ2n) is 4.84. The molecule has 0 spiro atoms. The predicted octanol–water partition coefficient (Wildman–Crippen LogP) is 0.925. The van der Waals surface area contributed by atoms with Crippen molar-refractivity contribution in [2.45, 2.75) is 51.2 Å². The van der Waals surface area contributed by atoms with Crippen molar-refractivity contribution >= 4 is 11.9 Å². The van der Waals surface area contributed by atoms with E-state index in [0.717, 1.165) is 19.4 Å². The molecule has 1 amide bonds. The molecule has 0 radical (unpaired) electrons. The summed E-state index contributed by atoms with van der Waals surface area (Å²) in [7, 11) is 0. The average molecular weight is 229 g/mol. The zero-order valence-corrected chi connectivity index (χ0v) is 9.78. The first-order valence-electron chi connectivity index (χ1n) is 5.53. The number of carbonyl (C=O) groups excluding carboxylic acids is 1. The summed E-state index contributed by atoms with van der Waals surface area (Å²) in [6, 6.07) is 0. The highest BCUT2D eigenvalue weighted by Crippen LogP contribution is 2.16. The molecule has 1 aliphatic rings. The van der Waals surface area contributed by atoms with Gasteiger partial charge in [-0.2, -0.15) is 0 Å². The van der Waals surface area contributed by atoms with Crippen molar-refractivity contribution in [1.29, 1.82) is 0 Å². The molecule has 0 aromatic rings. The van der Waals surface area contributed by atoms with Crippen molar-refractivity contribution < 1.29 is 19.4 Å². The van der Waals surface area contributed by atoms with Gasteiger partial charge in [0, 0.05) is 12.1 Å². The van der Waals surface area contributed by atoms with E-state index in [-0.39, 0.29) is 18.4 Å². The van der Waals surface area contributed by atoms with Crippen molar-refractivity contribution in [3.63, 3.8) is 0 Å². The molecule has 0 aromatic heterocycles. The summed E-state index contributed by atoms with van der Waals surface area (Å²) < 4.78 is 5.34. The number of amides is 1. The molecule has 1 fully saturated rings. The van der Waals surface area contributed by atoms with Gasteiger partial charge in [-0.3, -0.25) is 9.59 Å². The van der Waals surface area contributed by atoms with Crippen molar-refractivity contribution in [1.82, 2.24) is 5.32 Å². The van der Waals surface area contributed by atoms with E-state index in [1.54, 1.807) is 13.8 Å². The van der Waals surface area contributed by atoms with Gasteiger partial charge in [-0.05, 0) is 26.7 Å². The van der Waals surface area contributed by atoms with Gasteiger partial charge in [-0.15, -0.1) is 0 Å². The minimum absolute atomic E-state index is 0.000582. The number of ether oxygens (including phenoxy) is 1. The Morgan fingerprint density at radius 2 is 2.19 bits per heavy atom. The number of nitrogens with one attached hydrogen (secondary N) is 1. The van der Waals surface area contributed by atoms with Crippen LogP contribution in [0.4, 0.5) is 0 Å². The number of hydrogen-bond donors (Lipinski definition) is 2. The third-order valence-electron chi connectivity index (χ3n) is 2.51. The highest BCUT2D eigenvalue weighted by atomic mass is 16.5. The molecule has 1 saturated heterocycles. The van der Waals surface area contributed by atoms with E-state index >= 15 is 0 Å². The fourth-order valence-electron chi connectivity index (χ4n) is 1.86. The molecule has 1 unspecified atom stereocenters. The Balaban J connectivity index is 2.34. The average Bonchev–Trinajstić information content (AvgIpc) is 2.51. The van der Waals surface area contributed by atoms with Gasteiger partial charge in [0.05, 0.1) is 18.9 Å². The molecule has 16 heavy (non-hydrogen) atoms. The van der Waals surface area contributed by atoms with E-state index in [1.165, 1.54) is 0 Å². The van der Waals surface area contributed by atoms with E-state index in [4.69, 9.17) is 9.84 Å². The Morgan fingerprint density at radius 1 is 1.50 bits per heavy atom. The monoisotopic (exact) mass is 229 g/mol. The second kappa shape index (κ2) is 5.30. The van der Waals surface area contributed by atoms with Crippen molar-refractivity contribution in [3.05, 3.63) is 0 Å². The first-order chi connectivity index (χ1) is 7.39. The van der Waals surface area contributed by atoms with Gasteiger partial charge in [0.15, 0.2) is 0 Å². The molecule has 0 saturated carbocycles. The number of aliphatic carboxylic acids is 1. The maximum absolute atomic E-state index is 11.6. The quantitative estimate of drug-likeness (QED) is 0.735. The van der Waals surface area contributed by atoms with Gasteiger partial charge in [-0.1, -0.05) is 0 Å². The van der Waals surface area contributed by atoms with Crippen LogP contribution in [0, 0.1) is 0 Å². The first-order valence-corrected chi connectivity index (χ1v) is 5.53. The lowest BCUT2D eigenvalue weighted by molar-refractivity contribution is -0.138. The van der Waals surface area contributed by atoms with E-state index < -0.39 is 11.5 Å². The summed E-state index contributed by atoms with van der Waals surface area (Å²) in [6.07, 6.45) is 2.15. The van der Waals surface area contributed by atoms with Crippen LogP contribution in [-0.4, -0.2) is 35.2 Å². The number of carboxylic acid groups (broad SMARTS) is 1. The van der Waals surface area contributed by atoms with Crippen LogP contribution in [0.1, 0.15) is 39.5 Å². The van der Waals surface area contributed by atoms with Gasteiger partial charge in [-0.25, -0.2) is 0 Å². The van der Waals surface area contributed by atoms with Crippen LogP contribution < -0.4 is 5.32 Å². The van der Waals surface area contributed by atoms with E-state index in [0.29, 0.717) is 6.42 Å². The summed E-state index contributed by atoms with van der Waals surface area (Å²) in [6.45, 7) is 4.12. The number of carboxylic acids is 1. The lowest BCUT2D eigenvalue weighted by Gasteiger charge is -2.24. The largest absolute Gasteiger partial charge is 0.481 e. The summed E-state index contributed by atoms with van der Waals surface area (Å²) in [4.78, 5) is 22.2. The van der Waals surface area contributed by atoms with E-state index in [1.807, 2.05) is 0 Å². The van der Waals surface area contributed by atoms with Gasteiger partial charge in [0.25, 0.3) is 0 Å². The van der Waals surface area contributed by atoms with E-state index in [2.05, 4.69) is 5.32 Å². The lowest BCUT2D eigenvalue weighted by Crippen LogP contribution is -2.45. The zero-order chi connectivity index (χ0) is 12.2. The molecule has 1 heterocycles. The van der Waals surface area contributed by atoms with Crippen LogP contribution in [0.3, 0.4) is 0 Å². The molecule has 0 aliphatic carbocycles. The molecule has 1 rings (SSSR count). The highest BCUT2D eigenvalue weighted by Gasteiger charge is 2.26. The lowest BCUT2D eigenvalue weighted by atomic mass is 10.0. The normalized spacial score (nSPS) is 20.8. The molecule has 5 nitrogen and oxygen atoms in total. The van der Waals surface area contributed by atoms with Crippen LogP contribution in [0.2, 0.25) is 0 Å². The fraction of sp³-hybridized carbons (Fsp3) is 0.818. The number of rotatable bonds is 5. The molecule has 5 heteroatoms. The Labute approximate surface area is 95.2 Å². The maximum atomic E-state index is 11.6. The maximum Gasteiger partial charge on any atom is 0.305 e. The molecule has 0 bridgehead atoms. The van der Waals surface area contributed by atoms with Crippen molar-refractivity contribution in [2.75, 3.05) is 6.61 Å². The number of hydrogen-bond acceptors (Lipinski definition) is 3. The van der Waals surface area contributed by atoms with Crippen LogP contribution in [0.5, 0.6) is 0 Å². The van der Waals surface area contributed by atoms with Gasteiger partial charge < -0.3 is 15.2 Å². The molecular formula is C11H19NO4. The summed E-state index contributed by atoms with van der Waals surface area (Å²) in [5.41, 5.74) is -0.707. The molecule has 1 aliphatic heterocycles. The van der Waals surface area contributed by atoms with Crippen LogP contribution in [0.15, 0.2) is 0 Å². The predicted molar refractivity (Wildman–Crippen MR) is 58.1 cm³/mol. The third kappa shape index (κ3) is 4.61. The van der Waals surface area contributed by atoms with Crippen LogP contribution in [-0.2, 0) is 14.3 Å². The second-order valence-corrected chi connectivity index (χ2v) is 4.84. The van der Waals surface area contributed by atoms with E-state index in [9.17, 15) is 9.59 Å². The highest BCUT2D eigenvalue weighted by molar-refractivity contribution is 5.78. The fourth-order valence-corrected chi connectivity index (χ4v) is 1.86. The molecule has 1 atom stereocenters. The topological polar surface area (TPSA) is 75.6 Å². The molecule has 2 N–H and O–H groups in total. The summed E-state index contributed by atoms with van der Waals surface area (Å²) in [5.74, 6) is -1.06. The first kappa shape index (κ1) is 13.0. The standard InChI is InChI=1S/C11H19NO4/c1-11(2,7-10(14)15)12-9(13)6-8-4-3-5-16-8/h8H,3-7H2,1-2H3,(H,12,13)(H,14,15). The van der Waals surface area contributed by atoms with Gasteiger partial charge in [0.2, 0.25) is 5.91 Å². The molecular weight excluding hydrogens is 210 g/mol. The third-order valence-corrected chi connectivity index (χ3v) is 2.51. The molecule has 92 valence electrons. The van der Waals surface area contributed by atoms with Gasteiger partial charge >= 0.3 is 5.97 Å². The summed E-state index contributed by atoms with van der Waals surface area (Å²) in [5, 5.41) is 11.4.